The summed E-state index contributed by atoms with van der Waals surface area (Å²) in [7, 11) is 0. The first-order chi connectivity index (χ1) is 6.79. The molecule has 1 atom stereocenters. The number of nitrogens with zero attached hydrogens (tertiary/aromatic N) is 1. The van der Waals surface area contributed by atoms with E-state index in [1.165, 1.54) is 0 Å². The van der Waals surface area contributed by atoms with Gasteiger partial charge in [0.25, 0.3) is 0 Å². The van der Waals surface area contributed by atoms with Gasteiger partial charge in [-0.1, -0.05) is 30.3 Å². The van der Waals surface area contributed by atoms with E-state index in [4.69, 9.17) is 0 Å². The van der Waals surface area contributed by atoms with E-state index in [9.17, 15) is 5.21 Å². The molecule has 1 aliphatic heterocycles. The van der Waals surface area contributed by atoms with Crippen molar-refractivity contribution < 1.29 is 5.21 Å². The van der Waals surface area contributed by atoms with Crippen LogP contribution in [0.25, 0.3) is 0 Å². The molecule has 1 aliphatic rings. The molecule has 0 amide bonds. The van der Waals surface area contributed by atoms with Gasteiger partial charge in [-0.15, -0.1) is 0 Å². The number of rotatable bonds is 2. The smallest absolute Gasteiger partial charge is 0.126 e. The van der Waals surface area contributed by atoms with Crippen molar-refractivity contribution >= 4 is 5.71 Å². The van der Waals surface area contributed by atoms with Crippen molar-refractivity contribution in [2.24, 2.45) is 5.10 Å². The van der Waals surface area contributed by atoms with Gasteiger partial charge in [-0.2, -0.15) is 10.6 Å². The minimum Gasteiger partial charge on any atom is -0.315 e. The maximum Gasteiger partial charge on any atom is 0.126 e. The summed E-state index contributed by atoms with van der Waals surface area (Å²) in [6.45, 7) is 2.45. The lowest BCUT2D eigenvalue weighted by Gasteiger charge is -2.26. The van der Waals surface area contributed by atoms with Crippen molar-refractivity contribution in [1.29, 1.82) is 0 Å². The van der Waals surface area contributed by atoms with Gasteiger partial charge in [0.2, 0.25) is 0 Å². The molecule has 0 radical (unpaired) electrons. The Hall–Kier alpha value is -1.39. The maximum absolute atomic E-state index is 9.27. The number of hydrogen-bond donors (Lipinski definition) is 3. The highest BCUT2D eigenvalue weighted by atomic mass is 16.5. The zero-order valence-corrected chi connectivity index (χ0v) is 7.99. The topological polar surface area (TPSA) is 56.7 Å². The van der Waals surface area contributed by atoms with Crippen molar-refractivity contribution in [3.8, 4) is 0 Å². The molecular formula is C10H13N3O. The van der Waals surface area contributed by atoms with Crippen LogP contribution in [0.5, 0.6) is 0 Å². The summed E-state index contributed by atoms with van der Waals surface area (Å²) in [6, 6.07) is 9.77. The Morgan fingerprint density at radius 1 is 1.43 bits per heavy atom. The van der Waals surface area contributed by atoms with E-state index >= 15 is 0 Å². The molecule has 0 aromatic heterocycles. The van der Waals surface area contributed by atoms with Gasteiger partial charge >= 0.3 is 0 Å². The lowest BCUT2D eigenvalue weighted by atomic mass is 9.87. The van der Waals surface area contributed by atoms with Crippen molar-refractivity contribution in [1.82, 2.24) is 10.9 Å². The summed E-state index contributed by atoms with van der Waals surface area (Å²) < 4.78 is 0. The van der Waals surface area contributed by atoms with E-state index in [-0.39, 0.29) is 0 Å². The Kier molecular flexibility index (Phi) is 2.23. The Labute approximate surface area is 82.6 Å². The molecule has 1 heterocycles. The predicted octanol–water partition coefficient (Wildman–Crippen LogP) is 0.840. The normalized spacial score (nSPS) is 25.7. The van der Waals surface area contributed by atoms with Gasteiger partial charge in [-0.05, 0) is 12.5 Å². The van der Waals surface area contributed by atoms with Gasteiger partial charge in [-0.25, -0.2) is 0 Å². The molecule has 0 bridgehead atoms. The van der Waals surface area contributed by atoms with Gasteiger partial charge in [-0.3, -0.25) is 0 Å². The second-order valence-electron chi connectivity index (χ2n) is 3.42. The molecule has 0 saturated heterocycles. The summed E-state index contributed by atoms with van der Waals surface area (Å²) in [4.78, 5) is 0. The average molecular weight is 191 g/mol. The molecule has 1 aromatic carbocycles. The Balaban J connectivity index is 2.44. The Morgan fingerprint density at radius 3 is 2.64 bits per heavy atom. The van der Waals surface area contributed by atoms with Crippen LogP contribution in [-0.2, 0) is 5.54 Å². The molecular weight excluding hydrogens is 178 g/mol. The Bertz CT molecular complexity index is 350. The highest BCUT2D eigenvalue weighted by Crippen LogP contribution is 2.24. The molecule has 4 nitrogen and oxygen atoms in total. The number of benzene rings is 1. The SMILES string of the molecule is CC1=NNCC1(NO)c1ccccc1. The van der Waals surface area contributed by atoms with Crippen LogP contribution in [0.1, 0.15) is 12.5 Å². The fourth-order valence-corrected chi connectivity index (χ4v) is 1.72. The van der Waals surface area contributed by atoms with Crippen LogP contribution in [0.2, 0.25) is 0 Å². The predicted molar refractivity (Wildman–Crippen MR) is 54.2 cm³/mol. The molecule has 3 N–H and O–H groups in total. The zero-order chi connectivity index (χ0) is 10.0. The number of hydroxylamine groups is 1. The lowest BCUT2D eigenvalue weighted by molar-refractivity contribution is 0.101. The fraction of sp³-hybridized carbons (Fsp3) is 0.300. The van der Waals surface area contributed by atoms with E-state index in [1.807, 2.05) is 37.3 Å². The average Bonchev–Trinajstić information content (AvgIpc) is 2.62. The molecule has 74 valence electrons. The molecule has 14 heavy (non-hydrogen) atoms. The molecule has 1 aromatic rings. The summed E-state index contributed by atoms with van der Waals surface area (Å²) in [5.74, 6) is 0. The molecule has 0 aliphatic carbocycles. The number of nitrogens with one attached hydrogen (secondary N) is 2. The van der Waals surface area contributed by atoms with Gasteiger partial charge in [0.05, 0.1) is 12.3 Å². The van der Waals surface area contributed by atoms with E-state index in [0.717, 1.165) is 11.3 Å². The van der Waals surface area contributed by atoms with Crippen LogP contribution >= 0.6 is 0 Å². The highest BCUT2D eigenvalue weighted by Gasteiger charge is 2.38. The molecule has 0 fully saturated rings. The second kappa shape index (κ2) is 3.40. The van der Waals surface area contributed by atoms with Crippen molar-refractivity contribution in [2.45, 2.75) is 12.5 Å². The van der Waals surface area contributed by atoms with Crippen molar-refractivity contribution in [3.05, 3.63) is 35.9 Å². The van der Waals surface area contributed by atoms with Crippen molar-refractivity contribution in [2.75, 3.05) is 6.54 Å². The third-order valence-corrected chi connectivity index (χ3v) is 2.67. The molecule has 2 rings (SSSR count). The third kappa shape index (κ3) is 1.20. The quantitative estimate of drug-likeness (QED) is 0.607. The molecule has 0 saturated carbocycles. The van der Waals surface area contributed by atoms with Crippen LogP contribution < -0.4 is 10.9 Å². The van der Waals surface area contributed by atoms with E-state index in [1.54, 1.807) is 0 Å². The van der Waals surface area contributed by atoms with Crippen LogP contribution in [-0.4, -0.2) is 17.5 Å². The largest absolute Gasteiger partial charge is 0.315 e. The van der Waals surface area contributed by atoms with Gasteiger partial charge in [0.15, 0.2) is 0 Å². The van der Waals surface area contributed by atoms with Crippen LogP contribution in [0.4, 0.5) is 0 Å². The van der Waals surface area contributed by atoms with Crippen LogP contribution in [0.3, 0.4) is 0 Å². The third-order valence-electron chi connectivity index (χ3n) is 2.67. The standard InChI is InChI=1S/C10H13N3O/c1-8-10(13-14,7-11-12-8)9-5-3-2-4-6-9/h2-6,11,13-14H,7H2,1H3. The summed E-state index contributed by atoms with van der Waals surface area (Å²) in [5.41, 5.74) is 6.51. The Morgan fingerprint density at radius 2 is 2.14 bits per heavy atom. The lowest BCUT2D eigenvalue weighted by Crippen LogP contribution is -2.48. The summed E-state index contributed by atoms with van der Waals surface area (Å²) in [5, 5.41) is 13.4. The van der Waals surface area contributed by atoms with Gasteiger partial charge in [0.1, 0.15) is 5.54 Å². The summed E-state index contributed by atoms with van der Waals surface area (Å²) >= 11 is 0. The molecule has 4 heteroatoms. The number of hydrogen-bond acceptors (Lipinski definition) is 4. The highest BCUT2D eigenvalue weighted by molar-refractivity contribution is 5.93. The first-order valence-corrected chi connectivity index (χ1v) is 4.54. The molecule has 0 spiro atoms. The molecule has 1 unspecified atom stereocenters. The minimum absolute atomic E-state index is 0.568. The van der Waals surface area contributed by atoms with Crippen LogP contribution in [0.15, 0.2) is 35.4 Å². The number of hydrazone groups is 1. The first kappa shape index (κ1) is 9.18. The summed E-state index contributed by atoms with van der Waals surface area (Å²) in [6.07, 6.45) is 0. The maximum atomic E-state index is 9.27. The van der Waals surface area contributed by atoms with E-state index < -0.39 is 5.54 Å². The fourth-order valence-electron chi connectivity index (χ4n) is 1.72. The zero-order valence-electron chi connectivity index (χ0n) is 7.99. The van der Waals surface area contributed by atoms with E-state index in [0.29, 0.717) is 6.54 Å². The monoisotopic (exact) mass is 191 g/mol. The van der Waals surface area contributed by atoms with Gasteiger partial charge in [0, 0.05) is 0 Å². The first-order valence-electron chi connectivity index (χ1n) is 4.54. The van der Waals surface area contributed by atoms with E-state index in [2.05, 4.69) is 16.0 Å². The van der Waals surface area contributed by atoms with Crippen molar-refractivity contribution in [3.63, 3.8) is 0 Å². The minimum atomic E-state index is -0.568. The second-order valence-corrected chi connectivity index (χ2v) is 3.42. The van der Waals surface area contributed by atoms with Crippen LogP contribution in [0, 0.1) is 0 Å². The van der Waals surface area contributed by atoms with Gasteiger partial charge < -0.3 is 10.6 Å².